The highest BCUT2D eigenvalue weighted by atomic mass is 16.2. The third kappa shape index (κ3) is 4.65. The number of nitrogens with one attached hydrogen (secondary N) is 1. The Labute approximate surface area is 142 Å². The Morgan fingerprint density at radius 3 is 2.42 bits per heavy atom. The maximum Gasteiger partial charge on any atom is 0.276 e. The first-order valence-electron chi connectivity index (χ1n) is 8.22. The molecule has 1 heterocycles. The van der Waals surface area contributed by atoms with Crippen molar-refractivity contribution in [2.75, 3.05) is 18.5 Å². The minimum absolute atomic E-state index is 0.247. The number of para-hydroxylation sites is 1. The summed E-state index contributed by atoms with van der Waals surface area (Å²) in [6.07, 6.45) is 3.12. The van der Waals surface area contributed by atoms with E-state index in [0.717, 1.165) is 24.9 Å². The average Bonchev–Trinajstić information content (AvgIpc) is 2.64. The lowest BCUT2D eigenvalue weighted by Crippen LogP contribution is -2.29. The highest BCUT2D eigenvalue weighted by Gasteiger charge is 2.16. The molecule has 0 spiro atoms. The summed E-state index contributed by atoms with van der Waals surface area (Å²) >= 11 is 0. The molecule has 0 unspecified atom stereocenters. The molecule has 0 saturated heterocycles. The van der Waals surface area contributed by atoms with Gasteiger partial charge in [0.1, 0.15) is 11.4 Å². The fraction of sp³-hybridized carbons (Fsp3) is 0.316. The number of carbonyl (C=O) groups excluding carboxylic acids is 2. The molecule has 0 aliphatic carbocycles. The molecule has 0 radical (unpaired) electrons. The van der Waals surface area contributed by atoms with E-state index < -0.39 is 0 Å². The number of amides is 2. The molecule has 0 bridgehead atoms. The van der Waals surface area contributed by atoms with Gasteiger partial charge in [-0.15, -0.1) is 0 Å². The van der Waals surface area contributed by atoms with E-state index in [1.807, 2.05) is 30.3 Å². The quantitative estimate of drug-likeness (QED) is 0.795. The first kappa shape index (κ1) is 17.7. The zero-order valence-electron chi connectivity index (χ0n) is 14.2. The topological polar surface area (TPSA) is 62.3 Å². The normalized spacial score (nSPS) is 10.2. The van der Waals surface area contributed by atoms with Gasteiger partial charge >= 0.3 is 0 Å². The molecule has 126 valence electrons. The van der Waals surface area contributed by atoms with Gasteiger partial charge in [-0.25, -0.2) is 4.98 Å². The highest BCUT2D eigenvalue weighted by Crippen LogP contribution is 2.14. The van der Waals surface area contributed by atoms with Crippen molar-refractivity contribution in [3.63, 3.8) is 0 Å². The van der Waals surface area contributed by atoms with E-state index in [1.54, 1.807) is 25.2 Å². The van der Waals surface area contributed by atoms with Crippen LogP contribution in [-0.2, 0) is 0 Å². The zero-order chi connectivity index (χ0) is 17.4. The number of nitrogens with zero attached hydrogens (tertiary/aromatic N) is 2. The van der Waals surface area contributed by atoms with Gasteiger partial charge in [0, 0.05) is 19.3 Å². The highest BCUT2D eigenvalue weighted by molar-refractivity contribution is 6.05. The van der Waals surface area contributed by atoms with Gasteiger partial charge in [-0.3, -0.25) is 9.59 Å². The van der Waals surface area contributed by atoms with E-state index in [2.05, 4.69) is 17.2 Å². The Hall–Kier alpha value is -2.69. The Kier molecular flexibility index (Phi) is 6.49. The number of hydrogen-bond donors (Lipinski definition) is 1. The third-order valence-electron chi connectivity index (χ3n) is 3.71. The maximum absolute atomic E-state index is 12.6. The Balaban J connectivity index is 2.06. The Bertz CT molecular complexity index is 686. The molecular weight excluding hydrogens is 302 g/mol. The maximum atomic E-state index is 12.6. The Morgan fingerprint density at radius 2 is 1.71 bits per heavy atom. The second-order valence-corrected chi connectivity index (χ2v) is 5.57. The fourth-order valence-electron chi connectivity index (χ4n) is 2.29. The van der Waals surface area contributed by atoms with Crippen LogP contribution in [0.2, 0.25) is 0 Å². The number of unbranched alkanes of at least 4 members (excludes halogenated alkanes) is 2. The lowest BCUT2D eigenvalue weighted by Gasteiger charge is -2.17. The van der Waals surface area contributed by atoms with Crippen molar-refractivity contribution < 1.29 is 9.59 Å². The first-order chi connectivity index (χ1) is 11.6. The van der Waals surface area contributed by atoms with Crippen molar-refractivity contribution in [3.05, 3.63) is 59.9 Å². The van der Waals surface area contributed by atoms with Gasteiger partial charge in [0.25, 0.3) is 11.8 Å². The third-order valence-corrected chi connectivity index (χ3v) is 3.71. The molecule has 0 fully saturated rings. The van der Waals surface area contributed by atoms with Crippen molar-refractivity contribution in [3.8, 4) is 0 Å². The van der Waals surface area contributed by atoms with Crippen molar-refractivity contribution >= 4 is 17.5 Å². The molecule has 0 atom stereocenters. The minimum atomic E-state index is -0.248. The van der Waals surface area contributed by atoms with Gasteiger partial charge in [-0.2, -0.15) is 0 Å². The van der Waals surface area contributed by atoms with Crippen molar-refractivity contribution in [2.45, 2.75) is 26.2 Å². The molecule has 5 nitrogen and oxygen atoms in total. The van der Waals surface area contributed by atoms with E-state index in [-0.39, 0.29) is 23.2 Å². The Morgan fingerprint density at radius 1 is 1.00 bits per heavy atom. The van der Waals surface area contributed by atoms with Crippen LogP contribution in [0.15, 0.2) is 48.5 Å². The van der Waals surface area contributed by atoms with E-state index in [9.17, 15) is 9.59 Å². The largest absolute Gasteiger partial charge is 0.351 e. The summed E-state index contributed by atoms with van der Waals surface area (Å²) < 4.78 is 0. The molecule has 5 heteroatoms. The molecule has 0 aliphatic rings. The summed E-state index contributed by atoms with van der Waals surface area (Å²) in [5, 5.41) is 2.83. The summed E-state index contributed by atoms with van der Waals surface area (Å²) in [5.74, 6) is -0.495. The molecule has 2 amide bonds. The van der Waals surface area contributed by atoms with Crippen LogP contribution in [0.3, 0.4) is 0 Å². The van der Waals surface area contributed by atoms with Gasteiger partial charge in [0.05, 0.1) is 0 Å². The lowest BCUT2D eigenvalue weighted by atomic mass is 10.2. The monoisotopic (exact) mass is 325 g/mol. The summed E-state index contributed by atoms with van der Waals surface area (Å²) in [4.78, 5) is 30.4. The van der Waals surface area contributed by atoms with Crippen LogP contribution in [0.5, 0.6) is 0 Å². The van der Waals surface area contributed by atoms with Gasteiger partial charge in [0.15, 0.2) is 0 Å². The van der Waals surface area contributed by atoms with E-state index >= 15 is 0 Å². The van der Waals surface area contributed by atoms with Crippen LogP contribution in [0.25, 0.3) is 0 Å². The molecular formula is C19H23N3O2. The molecule has 2 aromatic rings. The van der Waals surface area contributed by atoms with Crippen LogP contribution < -0.4 is 10.2 Å². The molecule has 2 rings (SSSR count). The van der Waals surface area contributed by atoms with Crippen molar-refractivity contribution in [2.24, 2.45) is 0 Å². The summed E-state index contributed by atoms with van der Waals surface area (Å²) in [6.45, 7) is 2.73. The molecule has 1 aromatic carbocycles. The first-order valence-corrected chi connectivity index (χ1v) is 8.22. The van der Waals surface area contributed by atoms with Gasteiger partial charge in [-0.05, 0) is 30.7 Å². The predicted molar refractivity (Wildman–Crippen MR) is 95.3 cm³/mol. The van der Waals surface area contributed by atoms with Crippen LogP contribution in [0, 0.1) is 0 Å². The minimum Gasteiger partial charge on any atom is -0.351 e. The van der Waals surface area contributed by atoms with Crippen molar-refractivity contribution in [1.29, 1.82) is 0 Å². The molecule has 1 N–H and O–H groups in total. The molecule has 0 aliphatic heterocycles. The number of pyridine rings is 1. The standard InChI is InChI=1S/C19H23N3O2/c1-3-4-8-14-20-18(23)16-12-9-13-17(21-16)19(24)22(2)15-10-6-5-7-11-15/h5-7,9-13H,3-4,8,14H2,1-2H3,(H,20,23). The second kappa shape index (κ2) is 8.82. The smallest absolute Gasteiger partial charge is 0.276 e. The number of aromatic nitrogens is 1. The van der Waals surface area contributed by atoms with Crippen LogP contribution in [-0.4, -0.2) is 30.4 Å². The SMILES string of the molecule is CCCCCNC(=O)c1cccc(C(=O)N(C)c2ccccc2)n1. The summed E-state index contributed by atoms with van der Waals surface area (Å²) in [6, 6.07) is 14.2. The van der Waals surface area contributed by atoms with Crippen molar-refractivity contribution in [1.82, 2.24) is 10.3 Å². The lowest BCUT2D eigenvalue weighted by molar-refractivity contribution is 0.0947. The summed E-state index contributed by atoms with van der Waals surface area (Å²) in [5.41, 5.74) is 1.29. The van der Waals surface area contributed by atoms with Gasteiger partial charge < -0.3 is 10.2 Å². The molecule has 1 aromatic heterocycles. The van der Waals surface area contributed by atoms with Gasteiger partial charge in [-0.1, -0.05) is 44.0 Å². The zero-order valence-corrected chi connectivity index (χ0v) is 14.2. The number of anilines is 1. The predicted octanol–water partition coefficient (Wildman–Crippen LogP) is 3.28. The average molecular weight is 325 g/mol. The van der Waals surface area contributed by atoms with E-state index in [0.29, 0.717) is 6.54 Å². The molecule has 0 saturated carbocycles. The van der Waals surface area contributed by atoms with Crippen LogP contribution in [0.1, 0.15) is 47.2 Å². The van der Waals surface area contributed by atoms with E-state index in [4.69, 9.17) is 0 Å². The van der Waals surface area contributed by atoms with E-state index in [1.165, 1.54) is 4.90 Å². The van der Waals surface area contributed by atoms with Crippen LogP contribution in [0.4, 0.5) is 5.69 Å². The van der Waals surface area contributed by atoms with Crippen LogP contribution >= 0.6 is 0 Å². The number of rotatable bonds is 7. The summed E-state index contributed by atoms with van der Waals surface area (Å²) in [7, 11) is 1.69. The number of carbonyl (C=O) groups is 2. The molecule has 24 heavy (non-hydrogen) atoms. The fourth-order valence-corrected chi connectivity index (χ4v) is 2.29. The number of benzene rings is 1. The number of hydrogen-bond acceptors (Lipinski definition) is 3. The second-order valence-electron chi connectivity index (χ2n) is 5.57. The van der Waals surface area contributed by atoms with Gasteiger partial charge in [0.2, 0.25) is 0 Å².